The Bertz CT molecular complexity index is 740. The Morgan fingerprint density at radius 3 is 2.29 bits per heavy atom. The molecule has 0 amide bonds. The maximum absolute atomic E-state index is 12.9. The van der Waals surface area contributed by atoms with E-state index in [2.05, 4.69) is 15.9 Å². The van der Waals surface area contributed by atoms with Gasteiger partial charge in [-0.15, -0.1) is 0 Å². The van der Waals surface area contributed by atoms with E-state index >= 15 is 0 Å². The average molecular weight is 381 g/mol. The van der Waals surface area contributed by atoms with Crippen LogP contribution in [0.3, 0.4) is 0 Å². The average Bonchev–Trinajstić information content (AvgIpc) is 2.36. The molecule has 2 rings (SSSR count). The van der Waals surface area contributed by atoms with Crippen LogP contribution in [0.2, 0.25) is 0 Å². The Labute approximate surface area is 127 Å². The second-order valence-electron chi connectivity index (χ2n) is 4.74. The summed E-state index contributed by atoms with van der Waals surface area (Å²) in [4.78, 5) is 40.3. The first-order valence-corrected chi connectivity index (χ1v) is 8.76. The summed E-state index contributed by atoms with van der Waals surface area (Å²) < 4.78 is 25.8. The van der Waals surface area contributed by atoms with Gasteiger partial charge in [-0.25, -0.2) is 0 Å². The van der Waals surface area contributed by atoms with Crippen LogP contribution in [0.1, 0.15) is 17.3 Å². The summed E-state index contributed by atoms with van der Waals surface area (Å²) in [5, 5.41) is 0.258. The number of ketones is 1. The molecule has 0 unspecified atom stereocenters. The van der Waals surface area contributed by atoms with Crippen LogP contribution in [0.5, 0.6) is 0 Å². The molecule has 114 valence electrons. The minimum absolute atomic E-state index is 0.0453. The summed E-state index contributed by atoms with van der Waals surface area (Å²) in [5.74, 6) is -0.218. The van der Waals surface area contributed by atoms with E-state index in [1.54, 1.807) is 12.1 Å². The zero-order valence-electron chi connectivity index (χ0n) is 10.8. The van der Waals surface area contributed by atoms with Gasteiger partial charge in [0, 0.05) is 0 Å². The van der Waals surface area contributed by atoms with E-state index in [1.807, 2.05) is 0 Å². The van der Waals surface area contributed by atoms with Gasteiger partial charge in [-0.2, -0.15) is 0 Å². The monoisotopic (exact) mass is 380 g/mol. The third-order valence-electron chi connectivity index (χ3n) is 3.13. The summed E-state index contributed by atoms with van der Waals surface area (Å²) in [5.41, 5.74) is 0.349. The number of Topliss-reactive ketones (excluding diaryl/α,β-unsaturated/α-hetero) is 1. The van der Waals surface area contributed by atoms with Crippen molar-refractivity contribution >= 4 is 45.1 Å². The number of carbonyl (C=O) groups excluding carboxylic acids is 1. The number of benzene rings is 2. The number of halogens is 3. The molecule has 0 saturated carbocycles. The molecule has 0 aliphatic carbocycles. The van der Waals surface area contributed by atoms with Gasteiger partial charge in [0.2, 0.25) is 0 Å². The van der Waals surface area contributed by atoms with Gasteiger partial charge in [-0.1, -0.05) is 0 Å². The first-order chi connectivity index (χ1) is 9.51. The predicted molar refractivity (Wildman–Crippen MR) is 80.9 cm³/mol. The van der Waals surface area contributed by atoms with E-state index in [0.29, 0.717) is 16.3 Å². The fourth-order valence-corrected chi connectivity index (χ4v) is 4.36. The van der Waals surface area contributed by atoms with Gasteiger partial charge in [0.05, 0.1) is 0 Å². The molecule has 0 aliphatic rings. The molecule has 3 N–H and O–H groups in total. The zero-order chi connectivity index (χ0) is 16.0. The Balaban J connectivity index is 2.77. The van der Waals surface area contributed by atoms with Crippen molar-refractivity contribution < 1.29 is 28.3 Å². The SMILES string of the molecule is CC(=O)c1ccc2cc(Br)c(P(O)(O)(O)C(F)F)cc2c1. The van der Waals surface area contributed by atoms with Gasteiger partial charge in [0.25, 0.3) is 0 Å². The van der Waals surface area contributed by atoms with E-state index < -0.39 is 18.8 Å². The third-order valence-corrected chi connectivity index (χ3v) is 6.11. The summed E-state index contributed by atoms with van der Waals surface area (Å²) in [6.45, 7) is 1.35. The van der Waals surface area contributed by atoms with Crippen molar-refractivity contribution in [2.45, 2.75) is 13.1 Å². The van der Waals surface area contributed by atoms with Gasteiger partial charge in [0.15, 0.2) is 0 Å². The number of hydrogen-bond donors (Lipinski definition) is 3. The van der Waals surface area contributed by atoms with Gasteiger partial charge in [-0.05, 0) is 0 Å². The molecule has 8 heteroatoms. The van der Waals surface area contributed by atoms with Crippen LogP contribution in [0.4, 0.5) is 8.78 Å². The van der Waals surface area contributed by atoms with Crippen molar-refractivity contribution in [2.75, 3.05) is 0 Å². The van der Waals surface area contributed by atoms with Crippen LogP contribution >= 0.6 is 23.2 Å². The van der Waals surface area contributed by atoms with E-state index in [-0.39, 0.29) is 10.3 Å². The molecule has 0 fully saturated rings. The van der Waals surface area contributed by atoms with Gasteiger partial charge in [-0.3, -0.25) is 0 Å². The van der Waals surface area contributed by atoms with E-state index in [0.717, 1.165) is 6.07 Å². The molecule has 2 aromatic rings. The first kappa shape index (κ1) is 16.4. The standard InChI is InChI=1S/C13H12BrF2O4P/c1-7(17)8-2-3-9-5-11(14)12(6-10(9)4-8)21(18,19,20)13(15)16/h2-6,13,18-20H,1H3. The van der Waals surface area contributed by atoms with Crippen molar-refractivity contribution in [2.24, 2.45) is 0 Å². The molecular weight excluding hydrogens is 369 g/mol. The molecule has 0 bridgehead atoms. The fraction of sp³-hybridized carbons (Fsp3) is 0.154. The second kappa shape index (κ2) is 5.04. The fourth-order valence-electron chi connectivity index (χ4n) is 1.91. The molecule has 2 aromatic carbocycles. The first-order valence-electron chi connectivity index (χ1n) is 5.80. The van der Waals surface area contributed by atoms with Crippen LogP contribution in [-0.2, 0) is 0 Å². The number of rotatable bonds is 3. The van der Waals surface area contributed by atoms with Crippen LogP contribution in [-0.4, -0.2) is 26.6 Å². The van der Waals surface area contributed by atoms with Gasteiger partial charge < -0.3 is 0 Å². The molecule has 0 aromatic heterocycles. The third kappa shape index (κ3) is 2.84. The number of carbonyl (C=O) groups is 1. The van der Waals surface area contributed by atoms with E-state index in [4.69, 9.17) is 0 Å². The number of fused-ring (bicyclic) bond motifs is 1. The summed E-state index contributed by atoms with van der Waals surface area (Å²) in [6.07, 6.45) is -3.72. The Morgan fingerprint density at radius 2 is 1.76 bits per heavy atom. The molecule has 21 heavy (non-hydrogen) atoms. The van der Waals surface area contributed by atoms with E-state index in [9.17, 15) is 28.3 Å². The van der Waals surface area contributed by atoms with Crippen molar-refractivity contribution in [3.63, 3.8) is 0 Å². The quantitative estimate of drug-likeness (QED) is 0.565. The molecular formula is C13H12BrF2O4P. The Kier molecular flexibility index (Phi) is 3.93. The van der Waals surface area contributed by atoms with Crippen LogP contribution in [0.25, 0.3) is 10.8 Å². The topological polar surface area (TPSA) is 77.8 Å². The Morgan fingerprint density at radius 1 is 1.14 bits per heavy atom. The van der Waals surface area contributed by atoms with Crippen molar-refractivity contribution in [3.8, 4) is 0 Å². The van der Waals surface area contributed by atoms with Gasteiger partial charge >= 0.3 is 127 Å². The molecule has 0 aliphatic heterocycles. The van der Waals surface area contributed by atoms with Gasteiger partial charge in [0.1, 0.15) is 0 Å². The van der Waals surface area contributed by atoms with E-state index in [1.165, 1.54) is 19.1 Å². The molecule has 0 atom stereocenters. The van der Waals surface area contributed by atoms with Crippen LogP contribution in [0, 0.1) is 0 Å². The summed E-state index contributed by atoms with van der Waals surface area (Å²) >= 11 is 2.96. The van der Waals surface area contributed by atoms with Crippen LogP contribution in [0.15, 0.2) is 34.8 Å². The normalized spacial score (nSPS) is 14.2. The molecule has 4 nitrogen and oxygen atoms in total. The van der Waals surface area contributed by atoms with Crippen LogP contribution < -0.4 is 5.30 Å². The molecule has 0 spiro atoms. The molecule has 0 saturated heterocycles. The predicted octanol–water partition coefficient (Wildman–Crippen LogP) is 2.93. The molecule has 0 radical (unpaired) electrons. The van der Waals surface area contributed by atoms with Crippen molar-refractivity contribution in [1.29, 1.82) is 0 Å². The minimum atomic E-state index is -6.31. The zero-order valence-corrected chi connectivity index (χ0v) is 13.3. The molecule has 0 heterocycles. The van der Waals surface area contributed by atoms with Crippen molar-refractivity contribution in [1.82, 2.24) is 0 Å². The summed E-state index contributed by atoms with van der Waals surface area (Å²) in [7, 11) is -6.31. The number of alkyl halides is 2. The Hall–Kier alpha value is -0.980. The summed E-state index contributed by atoms with van der Waals surface area (Å²) in [6, 6.07) is 7.03. The van der Waals surface area contributed by atoms with Crippen molar-refractivity contribution in [3.05, 3.63) is 40.4 Å². The number of hydrogen-bond acceptors (Lipinski definition) is 4. The maximum atomic E-state index is 12.9. The second-order valence-corrected chi connectivity index (χ2v) is 8.56.